The van der Waals surface area contributed by atoms with Gasteiger partial charge in [0.05, 0.1) is 28.6 Å². The molecular weight excluding hydrogens is 474 g/mol. The Hall–Kier alpha value is -3.54. The van der Waals surface area contributed by atoms with E-state index in [0.29, 0.717) is 12.2 Å². The van der Waals surface area contributed by atoms with Gasteiger partial charge in [0.25, 0.3) is 0 Å². The third-order valence-corrected chi connectivity index (χ3v) is 8.02. The molecule has 4 aromatic rings. The first-order chi connectivity index (χ1) is 17.1. The van der Waals surface area contributed by atoms with Crippen LogP contribution in [-0.4, -0.2) is 25.2 Å². The third kappa shape index (κ3) is 5.26. The van der Waals surface area contributed by atoms with Crippen LogP contribution in [0.3, 0.4) is 0 Å². The second-order valence-electron chi connectivity index (χ2n) is 8.43. The van der Waals surface area contributed by atoms with Crippen molar-refractivity contribution in [2.24, 2.45) is 0 Å². The molecule has 6 nitrogen and oxygen atoms in total. The number of hydrogen-bond acceptors (Lipinski definition) is 8. The standard InChI is InChI=1S/C27H27N5OS2/c1-3-4-13-33-22-8-5-18(6-9-22)20(17-28)15-23-16-25-26(34-23)30-27(35-25)32(2)31-21-7-10-24-19(14-21)11-12-29-24/h5-10,14-16,29,31H,3-4,11-13H2,1-2H3/b20-15+. The maximum atomic E-state index is 9.75. The van der Waals surface area contributed by atoms with Crippen LogP contribution in [0.5, 0.6) is 5.75 Å². The third-order valence-electron chi connectivity index (χ3n) is 5.83. The van der Waals surface area contributed by atoms with Crippen LogP contribution in [0.2, 0.25) is 0 Å². The van der Waals surface area contributed by atoms with Crippen molar-refractivity contribution in [2.75, 3.05) is 36.0 Å². The lowest BCUT2D eigenvalue weighted by molar-refractivity contribution is 0.309. The Kier molecular flexibility index (Phi) is 6.89. The number of thiazole rings is 1. The van der Waals surface area contributed by atoms with Crippen LogP contribution in [0.25, 0.3) is 21.2 Å². The van der Waals surface area contributed by atoms with Crippen molar-refractivity contribution in [3.63, 3.8) is 0 Å². The summed E-state index contributed by atoms with van der Waals surface area (Å²) in [5, 5.41) is 16.0. The van der Waals surface area contributed by atoms with Gasteiger partial charge in [-0.15, -0.1) is 11.3 Å². The van der Waals surface area contributed by atoms with Crippen LogP contribution in [0.4, 0.5) is 16.5 Å². The van der Waals surface area contributed by atoms with Gasteiger partial charge in [-0.25, -0.2) is 4.98 Å². The number of anilines is 3. The molecule has 3 heterocycles. The first-order valence-electron chi connectivity index (χ1n) is 11.8. The van der Waals surface area contributed by atoms with Gasteiger partial charge in [0.2, 0.25) is 5.13 Å². The van der Waals surface area contributed by atoms with Crippen LogP contribution in [0.15, 0.2) is 48.5 Å². The highest BCUT2D eigenvalue weighted by molar-refractivity contribution is 7.29. The molecular formula is C27H27N5OS2. The fourth-order valence-electron chi connectivity index (χ4n) is 3.96. The van der Waals surface area contributed by atoms with E-state index in [0.717, 1.165) is 62.3 Å². The lowest BCUT2D eigenvalue weighted by atomic mass is 10.1. The predicted molar refractivity (Wildman–Crippen MR) is 148 cm³/mol. The molecule has 2 aromatic heterocycles. The zero-order valence-electron chi connectivity index (χ0n) is 19.8. The first kappa shape index (κ1) is 23.2. The molecule has 0 amide bonds. The van der Waals surface area contributed by atoms with Gasteiger partial charge in [-0.05, 0) is 78.6 Å². The van der Waals surface area contributed by atoms with Gasteiger partial charge in [-0.1, -0.05) is 24.7 Å². The van der Waals surface area contributed by atoms with Gasteiger partial charge < -0.3 is 10.1 Å². The van der Waals surface area contributed by atoms with Crippen molar-refractivity contribution in [1.29, 1.82) is 5.26 Å². The van der Waals surface area contributed by atoms with E-state index < -0.39 is 0 Å². The molecule has 0 saturated heterocycles. The van der Waals surface area contributed by atoms with Crippen molar-refractivity contribution in [3.8, 4) is 11.8 Å². The Morgan fingerprint density at radius 1 is 1.23 bits per heavy atom. The van der Waals surface area contributed by atoms with Crippen molar-refractivity contribution in [3.05, 3.63) is 64.5 Å². The van der Waals surface area contributed by atoms with Crippen LogP contribution < -0.4 is 20.5 Å². The molecule has 35 heavy (non-hydrogen) atoms. The van der Waals surface area contributed by atoms with Crippen LogP contribution in [0.1, 0.15) is 35.8 Å². The van der Waals surface area contributed by atoms with E-state index in [1.165, 1.54) is 11.3 Å². The summed E-state index contributed by atoms with van der Waals surface area (Å²) in [5.74, 6) is 0.835. The van der Waals surface area contributed by atoms with Gasteiger partial charge >= 0.3 is 0 Å². The minimum Gasteiger partial charge on any atom is -0.494 e. The number of nitrogens with zero attached hydrogens (tertiary/aromatic N) is 3. The largest absolute Gasteiger partial charge is 0.494 e. The molecule has 0 bridgehead atoms. The van der Waals surface area contributed by atoms with Crippen molar-refractivity contribution in [2.45, 2.75) is 26.2 Å². The van der Waals surface area contributed by atoms with Gasteiger partial charge in [-0.2, -0.15) is 5.26 Å². The normalized spacial score (nSPS) is 12.8. The minimum atomic E-state index is 0.629. The molecule has 2 aromatic carbocycles. The molecule has 0 saturated carbocycles. The molecule has 178 valence electrons. The molecule has 5 rings (SSSR count). The lowest BCUT2D eigenvalue weighted by Gasteiger charge is -2.18. The molecule has 0 spiro atoms. The summed E-state index contributed by atoms with van der Waals surface area (Å²) in [4.78, 5) is 6.81. The monoisotopic (exact) mass is 501 g/mol. The average molecular weight is 502 g/mol. The summed E-state index contributed by atoms with van der Waals surface area (Å²) in [6.45, 7) is 3.86. The average Bonchev–Trinajstić information content (AvgIpc) is 3.58. The zero-order chi connectivity index (χ0) is 24.2. The summed E-state index contributed by atoms with van der Waals surface area (Å²) in [5.41, 5.74) is 8.56. The quantitative estimate of drug-likeness (QED) is 0.146. The van der Waals surface area contributed by atoms with E-state index in [1.807, 2.05) is 42.4 Å². The first-order valence-corrected chi connectivity index (χ1v) is 13.4. The topological polar surface area (TPSA) is 73.2 Å². The highest BCUT2D eigenvalue weighted by Gasteiger charge is 2.14. The molecule has 8 heteroatoms. The molecule has 2 N–H and O–H groups in total. The maximum absolute atomic E-state index is 9.75. The van der Waals surface area contributed by atoms with Crippen molar-refractivity contribution in [1.82, 2.24) is 4.98 Å². The fraction of sp³-hybridized carbons (Fsp3) is 0.259. The van der Waals surface area contributed by atoms with Crippen LogP contribution in [0, 0.1) is 11.3 Å². The predicted octanol–water partition coefficient (Wildman–Crippen LogP) is 7.03. The molecule has 1 aliphatic rings. The Morgan fingerprint density at radius 3 is 2.86 bits per heavy atom. The number of nitriles is 1. The van der Waals surface area contributed by atoms with E-state index in [4.69, 9.17) is 9.72 Å². The number of unbranched alkanes of at least 4 members (excludes halogenated alkanes) is 1. The van der Waals surface area contributed by atoms with Crippen molar-refractivity contribution >= 4 is 60.4 Å². The Morgan fingerprint density at radius 2 is 2.09 bits per heavy atom. The summed E-state index contributed by atoms with van der Waals surface area (Å²) < 4.78 is 6.84. The Labute approximate surface area is 213 Å². The number of hydrogen-bond donors (Lipinski definition) is 2. The van der Waals surface area contributed by atoms with E-state index in [-0.39, 0.29) is 0 Å². The number of rotatable bonds is 9. The fourth-order valence-corrected chi connectivity index (χ4v) is 6.05. The van der Waals surface area contributed by atoms with Gasteiger partial charge in [0.15, 0.2) is 0 Å². The second kappa shape index (κ2) is 10.4. The summed E-state index contributed by atoms with van der Waals surface area (Å²) in [7, 11) is 1.98. The minimum absolute atomic E-state index is 0.629. The number of hydrazine groups is 1. The number of thiophene rings is 1. The summed E-state index contributed by atoms with van der Waals surface area (Å²) in [6, 6.07) is 18.6. The molecule has 0 aliphatic carbocycles. The van der Waals surface area contributed by atoms with Gasteiger partial charge in [-0.3, -0.25) is 10.4 Å². The highest BCUT2D eigenvalue weighted by Crippen LogP contribution is 2.36. The van der Waals surface area contributed by atoms with Crippen molar-refractivity contribution < 1.29 is 4.74 Å². The smallest absolute Gasteiger partial charge is 0.205 e. The molecule has 0 radical (unpaired) electrons. The summed E-state index contributed by atoms with van der Waals surface area (Å²) in [6.07, 6.45) is 5.13. The van der Waals surface area contributed by atoms with E-state index >= 15 is 0 Å². The number of nitrogens with one attached hydrogen (secondary N) is 2. The number of aromatic nitrogens is 1. The summed E-state index contributed by atoms with van der Waals surface area (Å²) >= 11 is 3.23. The van der Waals surface area contributed by atoms with Crippen LogP contribution >= 0.6 is 22.7 Å². The molecule has 0 unspecified atom stereocenters. The van der Waals surface area contributed by atoms with Gasteiger partial charge in [0, 0.05) is 24.2 Å². The Balaban J connectivity index is 1.28. The SMILES string of the molecule is CCCCOc1ccc(/C(C#N)=C/c2cc3sc(N(C)Nc4ccc5c(c4)CCN5)nc3s2)cc1. The lowest BCUT2D eigenvalue weighted by Crippen LogP contribution is -2.24. The molecule has 0 atom stereocenters. The second-order valence-corrected chi connectivity index (χ2v) is 10.5. The molecule has 0 fully saturated rings. The molecule has 1 aliphatic heterocycles. The van der Waals surface area contributed by atoms with E-state index in [9.17, 15) is 5.26 Å². The van der Waals surface area contributed by atoms with E-state index in [2.05, 4.69) is 48.0 Å². The van der Waals surface area contributed by atoms with Crippen LogP contribution in [-0.2, 0) is 6.42 Å². The number of benzene rings is 2. The van der Waals surface area contributed by atoms with E-state index in [1.54, 1.807) is 22.7 Å². The Bertz CT molecular complexity index is 1370. The highest BCUT2D eigenvalue weighted by atomic mass is 32.1. The number of ether oxygens (including phenoxy) is 1. The zero-order valence-corrected chi connectivity index (χ0v) is 21.4. The van der Waals surface area contributed by atoms with Gasteiger partial charge in [0.1, 0.15) is 10.6 Å². The maximum Gasteiger partial charge on any atom is 0.205 e. The number of fused-ring (bicyclic) bond motifs is 2. The number of allylic oxidation sites excluding steroid dienone is 1.